The Labute approximate surface area is 207 Å². The van der Waals surface area contributed by atoms with Crippen LogP contribution in [0.3, 0.4) is 0 Å². The van der Waals surface area contributed by atoms with E-state index in [1.807, 2.05) is 84.6 Å². The Kier molecular flexibility index (Phi) is 6.26. The molecule has 4 aromatic rings. The van der Waals surface area contributed by atoms with Crippen molar-refractivity contribution in [3.05, 3.63) is 93.8 Å². The molecule has 34 heavy (non-hydrogen) atoms. The van der Waals surface area contributed by atoms with E-state index in [0.717, 1.165) is 45.7 Å². The van der Waals surface area contributed by atoms with Crippen LogP contribution >= 0.6 is 22.9 Å². The second kappa shape index (κ2) is 9.49. The van der Waals surface area contributed by atoms with Crippen LogP contribution in [0, 0.1) is 6.92 Å². The molecule has 7 heteroatoms. The van der Waals surface area contributed by atoms with Crippen molar-refractivity contribution in [2.24, 2.45) is 0 Å². The van der Waals surface area contributed by atoms with E-state index in [9.17, 15) is 9.59 Å². The first-order valence-electron chi connectivity index (χ1n) is 11.2. The normalized spacial score (nSPS) is 13.8. The molecule has 2 heterocycles. The van der Waals surface area contributed by atoms with E-state index >= 15 is 0 Å². The van der Waals surface area contributed by atoms with Gasteiger partial charge in [-0.05, 0) is 48.9 Å². The van der Waals surface area contributed by atoms with E-state index < -0.39 is 0 Å². The number of fused-ring (bicyclic) bond motifs is 1. The van der Waals surface area contributed by atoms with E-state index in [0.29, 0.717) is 23.0 Å². The highest BCUT2D eigenvalue weighted by molar-refractivity contribution is 7.21. The van der Waals surface area contributed by atoms with Gasteiger partial charge in [0.1, 0.15) is 4.88 Å². The Hall–Kier alpha value is -3.35. The van der Waals surface area contributed by atoms with E-state index in [1.54, 1.807) is 0 Å². The highest BCUT2D eigenvalue weighted by Gasteiger charge is 2.23. The molecular weight excluding hydrogens is 466 g/mol. The minimum absolute atomic E-state index is 0.0932. The minimum atomic E-state index is -0.206. The highest BCUT2D eigenvalue weighted by atomic mass is 35.5. The third kappa shape index (κ3) is 4.39. The second-order valence-electron chi connectivity index (χ2n) is 8.34. The zero-order chi connectivity index (χ0) is 23.7. The smallest absolute Gasteiger partial charge is 0.267 e. The summed E-state index contributed by atoms with van der Waals surface area (Å²) in [5.74, 6) is -0.113. The molecule has 1 N–H and O–H groups in total. The number of anilines is 2. The van der Waals surface area contributed by atoms with Crippen LogP contribution in [-0.4, -0.2) is 42.9 Å². The van der Waals surface area contributed by atoms with E-state index in [2.05, 4.69) is 10.2 Å². The van der Waals surface area contributed by atoms with Crippen LogP contribution in [0.1, 0.15) is 25.6 Å². The number of aryl methyl sites for hydroxylation is 1. The van der Waals surface area contributed by atoms with Gasteiger partial charge in [0, 0.05) is 53.2 Å². The molecule has 0 bridgehead atoms. The number of benzene rings is 3. The number of hydrogen-bond donors (Lipinski definition) is 1. The van der Waals surface area contributed by atoms with Gasteiger partial charge < -0.3 is 15.1 Å². The van der Waals surface area contributed by atoms with Gasteiger partial charge in [-0.15, -0.1) is 11.3 Å². The van der Waals surface area contributed by atoms with E-state index in [1.165, 1.54) is 11.3 Å². The van der Waals surface area contributed by atoms with Crippen molar-refractivity contribution in [2.45, 2.75) is 6.92 Å². The average Bonchev–Trinajstić information content (AvgIpc) is 3.21. The van der Waals surface area contributed by atoms with Crippen molar-refractivity contribution < 1.29 is 9.59 Å². The Morgan fingerprint density at radius 1 is 0.882 bits per heavy atom. The van der Waals surface area contributed by atoms with Crippen LogP contribution < -0.4 is 10.2 Å². The first kappa shape index (κ1) is 22.4. The summed E-state index contributed by atoms with van der Waals surface area (Å²) in [7, 11) is 0. The molecule has 1 saturated heterocycles. The van der Waals surface area contributed by atoms with Crippen molar-refractivity contribution in [1.29, 1.82) is 0 Å². The molecule has 5 nitrogen and oxygen atoms in total. The molecule has 1 aliphatic rings. The highest BCUT2D eigenvalue weighted by Crippen LogP contribution is 2.35. The molecule has 2 amide bonds. The summed E-state index contributed by atoms with van der Waals surface area (Å²) in [6.07, 6.45) is 0. The molecule has 1 aliphatic heterocycles. The van der Waals surface area contributed by atoms with Crippen LogP contribution in [0.15, 0.2) is 72.8 Å². The number of amides is 2. The van der Waals surface area contributed by atoms with Crippen LogP contribution in [0.2, 0.25) is 5.02 Å². The summed E-state index contributed by atoms with van der Waals surface area (Å²) >= 11 is 7.84. The van der Waals surface area contributed by atoms with Gasteiger partial charge in [-0.3, -0.25) is 9.59 Å². The van der Waals surface area contributed by atoms with Crippen molar-refractivity contribution in [2.75, 3.05) is 36.4 Å². The lowest BCUT2D eigenvalue weighted by Crippen LogP contribution is -2.48. The second-order valence-corrected chi connectivity index (χ2v) is 9.77. The van der Waals surface area contributed by atoms with Gasteiger partial charge in [-0.1, -0.05) is 48.0 Å². The third-order valence-electron chi connectivity index (χ3n) is 6.17. The maximum atomic E-state index is 12.9. The number of halogens is 1. The number of hydrogen-bond acceptors (Lipinski definition) is 4. The molecular formula is C27H24ClN3O2S. The van der Waals surface area contributed by atoms with Crippen molar-refractivity contribution in [3.8, 4) is 0 Å². The zero-order valence-corrected chi connectivity index (χ0v) is 20.3. The summed E-state index contributed by atoms with van der Waals surface area (Å²) < 4.78 is 0.994. The molecule has 5 rings (SSSR count). The number of carbonyl (C=O) groups excluding carboxylic acids is 2. The largest absolute Gasteiger partial charge is 0.368 e. The monoisotopic (exact) mass is 489 g/mol. The van der Waals surface area contributed by atoms with E-state index in [-0.39, 0.29) is 11.8 Å². The maximum absolute atomic E-state index is 12.9. The van der Waals surface area contributed by atoms with Crippen molar-refractivity contribution >= 4 is 56.2 Å². The van der Waals surface area contributed by atoms with Gasteiger partial charge in [0.05, 0.1) is 5.02 Å². The number of piperazine rings is 1. The molecule has 1 aromatic heterocycles. The van der Waals surface area contributed by atoms with Gasteiger partial charge in [0.15, 0.2) is 0 Å². The zero-order valence-electron chi connectivity index (χ0n) is 18.8. The lowest BCUT2D eigenvalue weighted by molar-refractivity contribution is 0.0746. The van der Waals surface area contributed by atoms with Gasteiger partial charge >= 0.3 is 0 Å². The number of nitrogens with zero attached hydrogens (tertiary/aromatic N) is 2. The predicted molar refractivity (Wildman–Crippen MR) is 141 cm³/mol. The number of thiophene rings is 1. The molecule has 1 fully saturated rings. The summed E-state index contributed by atoms with van der Waals surface area (Å²) in [5.41, 5.74) is 3.57. The van der Waals surface area contributed by atoms with Crippen LogP contribution in [0.25, 0.3) is 10.1 Å². The molecule has 0 saturated carbocycles. The van der Waals surface area contributed by atoms with Crippen LogP contribution in [0.5, 0.6) is 0 Å². The summed E-state index contributed by atoms with van der Waals surface area (Å²) in [5, 5.41) is 4.34. The molecule has 0 aliphatic carbocycles. The van der Waals surface area contributed by atoms with Crippen molar-refractivity contribution in [1.82, 2.24) is 4.90 Å². The standard InChI is InChI=1S/C27H24ClN3O2S/c1-18-6-2-3-7-21(18)27(33)31-16-14-30(15-17-31)20-12-10-19(11-13-20)29-26(32)25-24(28)22-8-4-5-9-23(22)34-25/h2-13H,14-17H2,1H3,(H,29,32). The Bertz CT molecular complexity index is 1360. The number of rotatable bonds is 4. The first-order valence-corrected chi connectivity index (χ1v) is 12.4. The van der Waals surface area contributed by atoms with Crippen molar-refractivity contribution in [3.63, 3.8) is 0 Å². The lowest BCUT2D eigenvalue weighted by Gasteiger charge is -2.36. The predicted octanol–water partition coefficient (Wildman–Crippen LogP) is 6.08. The third-order valence-corrected chi connectivity index (χ3v) is 7.85. The fourth-order valence-electron chi connectivity index (χ4n) is 4.25. The van der Waals surface area contributed by atoms with Crippen LogP contribution in [0.4, 0.5) is 11.4 Å². The van der Waals surface area contributed by atoms with E-state index in [4.69, 9.17) is 11.6 Å². The summed E-state index contributed by atoms with van der Waals surface area (Å²) in [4.78, 5) is 30.4. The number of nitrogens with one attached hydrogen (secondary N) is 1. The number of carbonyl (C=O) groups is 2. The van der Waals surface area contributed by atoms with Gasteiger partial charge in [0.25, 0.3) is 11.8 Å². The molecule has 0 atom stereocenters. The van der Waals surface area contributed by atoms with Crippen LogP contribution in [-0.2, 0) is 0 Å². The fourth-order valence-corrected chi connectivity index (χ4v) is 5.67. The Morgan fingerprint density at radius 2 is 1.56 bits per heavy atom. The average molecular weight is 490 g/mol. The van der Waals surface area contributed by atoms with Gasteiger partial charge in [0.2, 0.25) is 0 Å². The molecule has 0 spiro atoms. The lowest BCUT2D eigenvalue weighted by atomic mass is 10.1. The summed E-state index contributed by atoms with van der Waals surface area (Å²) in [6, 6.07) is 23.3. The fraction of sp³-hybridized carbons (Fsp3) is 0.185. The van der Waals surface area contributed by atoms with Gasteiger partial charge in [-0.2, -0.15) is 0 Å². The quantitative estimate of drug-likeness (QED) is 0.378. The first-order chi connectivity index (χ1) is 16.5. The SMILES string of the molecule is Cc1ccccc1C(=O)N1CCN(c2ccc(NC(=O)c3sc4ccccc4c3Cl)cc2)CC1. The topological polar surface area (TPSA) is 52.7 Å². The molecule has 172 valence electrons. The Balaban J connectivity index is 1.21. The molecule has 0 radical (unpaired) electrons. The Morgan fingerprint density at radius 3 is 2.26 bits per heavy atom. The molecule has 0 unspecified atom stereocenters. The maximum Gasteiger partial charge on any atom is 0.267 e. The summed E-state index contributed by atoms with van der Waals surface area (Å²) in [6.45, 7) is 4.85. The minimum Gasteiger partial charge on any atom is -0.368 e. The molecule has 3 aromatic carbocycles. The van der Waals surface area contributed by atoms with Gasteiger partial charge in [-0.25, -0.2) is 0 Å².